The van der Waals surface area contributed by atoms with Gasteiger partial charge < -0.3 is 4.84 Å². The number of nitrogens with zero attached hydrogens (tertiary/aromatic N) is 1. The van der Waals surface area contributed by atoms with Gasteiger partial charge in [0.2, 0.25) is 0 Å². The highest BCUT2D eigenvalue weighted by Crippen LogP contribution is 2.59. The van der Waals surface area contributed by atoms with Crippen LogP contribution in [0.1, 0.15) is 33.4 Å². The minimum Gasteiger partial charge on any atom is -0.399 e. The normalized spacial score (nSPS) is 14.6. The Morgan fingerprint density at radius 1 is 0.517 bits per heavy atom. The second-order valence-corrected chi connectivity index (χ2v) is 7.55. The van der Waals surface area contributed by atoms with Gasteiger partial charge in [0.05, 0.1) is 5.41 Å². The van der Waals surface area contributed by atoms with Gasteiger partial charge in [-0.3, -0.25) is 0 Å². The Morgan fingerprint density at radius 3 is 1.28 bits per heavy atom. The van der Waals surface area contributed by atoms with E-state index in [-0.39, 0.29) is 5.41 Å². The summed E-state index contributed by atoms with van der Waals surface area (Å²) in [4.78, 5) is 5.27. The summed E-state index contributed by atoms with van der Waals surface area (Å²) in [5.41, 5.74) is 10.6. The molecule has 0 N–H and O–H groups in total. The predicted molar refractivity (Wildman–Crippen MR) is 116 cm³/mol. The predicted octanol–water partition coefficient (Wildman–Crippen LogP) is 5.76. The zero-order chi connectivity index (χ0) is 19.4. The van der Waals surface area contributed by atoms with Crippen molar-refractivity contribution in [2.24, 2.45) is 5.16 Å². The van der Waals surface area contributed by atoms with Gasteiger partial charge in [-0.05, 0) is 33.4 Å². The minimum absolute atomic E-state index is 0.354. The van der Waals surface area contributed by atoms with Crippen LogP contribution in [0, 0.1) is 0 Å². The third-order valence-electron chi connectivity index (χ3n) is 6.31. The molecule has 1 spiro atoms. The van der Waals surface area contributed by atoms with Crippen LogP contribution < -0.4 is 0 Å². The van der Waals surface area contributed by atoms with Gasteiger partial charge in [0.1, 0.15) is 12.8 Å². The molecule has 0 radical (unpaired) electrons. The first-order chi connectivity index (χ1) is 14.4. The van der Waals surface area contributed by atoms with E-state index in [9.17, 15) is 0 Å². The molecule has 0 fully saturated rings. The maximum atomic E-state index is 5.27. The largest absolute Gasteiger partial charge is 0.399 e. The quantitative estimate of drug-likeness (QED) is 0.336. The molecule has 0 bridgehead atoms. The average molecular weight is 373 g/mol. The molecule has 2 nitrogen and oxygen atoms in total. The molecule has 2 heteroatoms. The van der Waals surface area contributed by atoms with Crippen LogP contribution in [0.4, 0.5) is 0 Å². The Balaban J connectivity index is 1.86. The van der Waals surface area contributed by atoms with E-state index in [2.05, 4.69) is 102 Å². The molecule has 0 aromatic heterocycles. The fourth-order valence-electron chi connectivity index (χ4n) is 5.33. The standard InChI is InChI=1S/C27H19NO/c1-29-28-26-20-12-4-8-16-24(20)27(25-17-9-5-13-21(25)26)22-14-6-2-10-18(22)19-11-3-7-15-23(19)27/h2-17H,1H3. The highest BCUT2D eigenvalue weighted by Gasteiger charge is 2.50. The third-order valence-corrected chi connectivity index (χ3v) is 6.31. The van der Waals surface area contributed by atoms with Gasteiger partial charge in [-0.15, -0.1) is 0 Å². The van der Waals surface area contributed by atoms with E-state index in [1.807, 2.05) is 0 Å². The van der Waals surface area contributed by atoms with Crippen LogP contribution in [-0.4, -0.2) is 12.8 Å². The first-order valence-electron chi connectivity index (χ1n) is 9.87. The van der Waals surface area contributed by atoms with Crippen molar-refractivity contribution in [1.82, 2.24) is 0 Å². The summed E-state index contributed by atoms with van der Waals surface area (Å²) in [5.74, 6) is 0. The van der Waals surface area contributed by atoms with E-state index >= 15 is 0 Å². The Morgan fingerprint density at radius 2 is 0.862 bits per heavy atom. The van der Waals surface area contributed by atoms with Gasteiger partial charge >= 0.3 is 0 Å². The van der Waals surface area contributed by atoms with E-state index in [0.29, 0.717) is 0 Å². The van der Waals surface area contributed by atoms with E-state index in [0.717, 1.165) is 16.8 Å². The van der Waals surface area contributed by atoms with Crippen LogP contribution >= 0.6 is 0 Å². The van der Waals surface area contributed by atoms with Crippen molar-refractivity contribution in [3.8, 4) is 11.1 Å². The van der Waals surface area contributed by atoms with Crippen LogP contribution in [0.5, 0.6) is 0 Å². The number of hydrogen-bond acceptors (Lipinski definition) is 2. The van der Waals surface area contributed by atoms with Gasteiger partial charge in [-0.2, -0.15) is 0 Å². The van der Waals surface area contributed by atoms with Crippen molar-refractivity contribution in [2.75, 3.05) is 7.11 Å². The highest BCUT2D eigenvalue weighted by molar-refractivity contribution is 6.17. The molecular weight excluding hydrogens is 354 g/mol. The minimum atomic E-state index is -0.354. The summed E-state index contributed by atoms with van der Waals surface area (Å²) in [6.45, 7) is 0. The van der Waals surface area contributed by atoms with Crippen LogP contribution in [0.2, 0.25) is 0 Å². The maximum Gasteiger partial charge on any atom is 0.117 e. The highest BCUT2D eigenvalue weighted by atomic mass is 16.6. The Labute approximate surface area is 170 Å². The summed E-state index contributed by atoms with van der Waals surface area (Å²) in [6, 6.07) is 34.8. The van der Waals surface area contributed by atoms with Crippen LogP contribution in [0.3, 0.4) is 0 Å². The molecule has 0 saturated heterocycles. The van der Waals surface area contributed by atoms with Gasteiger partial charge in [-0.25, -0.2) is 0 Å². The number of benzene rings is 4. The van der Waals surface area contributed by atoms with Gasteiger partial charge in [0, 0.05) is 11.1 Å². The van der Waals surface area contributed by atoms with E-state index in [1.54, 1.807) is 7.11 Å². The lowest BCUT2D eigenvalue weighted by Crippen LogP contribution is -2.36. The van der Waals surface area contributed by atoms with Gasteiger partial charge in [0.15, 0.2) is 0 Å². The smallest absolute Gasteiger partial charge is 0.117 e. The SMILES string of the molecule is CON=C1c2ccccc2C2(c3ccccc31)c1ccccc1-c1ccccc12. The first kappa shape index (κ1) is 16.3. The molecule has 29 heavy (non-hydrogen) atoms. The van der Waals surface area contributed by atoms with Crippen LogP contribution in [0.25, 0.3) is 11.1 Å². The third kappa shape index (κ3) is 1.93. The second kappa shape index (κ2) is 5.92. The molecule has 4 aromatic carbocycles. The monoisotopic (exact) mass is 373 g/mol. The van der Waals surface area contributed by atoms with Gasteiger partial charge in [0.25, 0.3) is 0 Å². The molecule has 0 unspecified atom stereocenters. The molecule has 0 atom stereocenters. The zero-order valence-electron chi connectivity index (χ0n) is 16.1. The first-order valence-corrected chi connectivity index (χ1v) is 9.87. The Bertz CT molecular complexity index is 1200. The topological polar surface area (TPSA) is 21.6 Å². The molecule has 0 heterocycles. The molecule has 2 aliphatic carbocycles. The summed E-state index contributed by atoms with van der Waals surface area (Å²) in [5, 5.41) is 4.45. The molecule has 138 valence electrons. The molecule has 6 rings (SSSR count). The number of oxime groups is 1. The van der Waals surface area contributed by atoms with Crippen LogP contribution in [-0.2, 0) is 10.3 Å². The fourth-order valence-corrected chi connectivity index (χ4v) is 5.33. The lowest BCUT2D eigenvalue weighted by molar-refractivity contribution is 0.213. The number of fused-ring (bicyclic) bond motifs is 9. The number of hydrogen-bond donors (Lipinski definition) is 0. The molecule has 2 aliphatic rings. The summed E-state index contributed by atoms with van der Waals surface area (Å²) >= 11 is 0. The zero-order valence-corrected chi connectivity index (χ0v) is 16.1. The molecule has 0 saturated carbocycles. The van der Waals surface area contributed by atoms with Crippen molar-refractivity contribution in [3.63, 3.8) is 0 Å². The second-order valence-electron chi connectivity index (χ2n) is 7.55. The van der Waals surface area contributed by atoms with E-state index in [4.69, 9.17) is 4.84 Å². The molecular formula is C27H19NO. The molecule has 0 aliphatic heterocycles. The van der Waals surface area contributed by atoms with Gasteiger partial charge in [-0.1, -0.05) is 102 Å². The Hall–Kier alpha value is -3.65. The van der Waals surface area contributed by atoms with Crippen molar-refractivity contribution in [3.05, 3.63) is 130 Å². The average Bonchev–Trinajstić information content (AvgIpc) is 3.08. The van der Waals surface area contributed by atoms with E-state index in [1.165, 1.54) is 33.4 Å². The molecule has 0 amide bonds. The van der Waals surface area contributed by atoms with Crippen molar-refractivity contribution >= 4 is 5.71 Å². The summed E-state index contributed by atoms with van der Waals surface area (Å²) in [7, 11) is 1.61. The molecule has 4 aromatic rings. The van der Waals surface area contributed by atoms with Crippen LogP contribution in [0.15, 0.2) is 102 Å². The van der Waals surface area contributed by atoms with Crippen molar-refractivity contribution in [2.45, 2.75) is 5.41 Å². The fraction of sp³-hybridized carbons (Fsp3) is 0.0741. The maximum absolute atomic E-state index is 5.27. The van der Waals surface area contributed by atoms with E-state index < -0.39 is 0 Å². The van der Waals surface area contributed by atoms with Crippen molar-refractivity contribution < 1.29 is 4.84 Å². The van der Waals surface area contributed by atoms with Crippen molar-refractivity contribution in [1.29, 1.82) is 0 Å². The Kier molecular flexibility index (Phi) is 3.33. The lowest BCUT2D eigenvalue weighted by Gasteiger charge is -2.40. The number of rotatable bonds is 1. The summed E-state index contributed by atoms with van der Waals surface area (Å²) in [6.07, 6.45) is 0. The summed E-state index contributed by atoms with van der Waals surface area (Å²) < 4.78 is 0. The lowest BCUT2D eigenvalue weighted by atomic mass is 9.61.